The quantitative estimate of drug-likeness (QED) is 0.0179. The topological polar surface area (TPSA) is 740 Å². The van der Waals surface area contributed by atoms with Crippen molar-refractivity contribution in [2.45, 2.75) is 255 Å². The van der Waals surface area contributed by atoms with Crippen LogP contribution in [0.15, 0.2) is 25.0 Å². The molecule has 684 valence electrons. The number of H-pyrrole nitrogens is 2. The zero-order chi connectivity index (χ0) is 91.6. The van der Waals surface area contributed by atoms with Gasteiger partial charge in [-0.1, -0.05) is 60.8 Å². The lowest BCUT2D eigenvalue weighted by molar-refractivity contribution is -0.143. The molecule has 2 saturated heterocycles. The first-order chi connectivity index (χ1) is 58.3. The summed E-state index contributed by atoms with van der Waals surface area (Å²) in [4.78, 5) is 282. The van der Waals surface area contributed by atoms with Crippen molar-refractivity contribution in [1.82, 2.24) is 105 Å². The molecule has 123 heavy (non-hydrogen) atoms. The van der Waals surface area contributed by atoms with Crippen LogP contribution in [0.5, 0.6) is 0 Å². The average Bonchev–Trinajstić information content (AvgIpc) is 0.926. The Morgan fingerprint density at radius 3 is 1.26 bits per heavy atom. The summed E-state index contributed by atoms with van der Waals surface area (Å²) in [7, 11) is 0. The number of hydrogen-bond acceptors (Lipinski definition) is 24. The monoisotopic (exact) mass is 1750 g/mol. The third kappa shape index (κ3) is 36.3. The largest absolute Gasteiger partial charge is 0.481 e. The molecule has 2 aromatic heterocycles. The molecule has 0 saturated carbocycles. The molecule has 4 rings (SSSR count). The van der Waals surface area contributed by atoms with Gasteiger partial charge in [-0.15, -0.1) is 0 Å². The van der Waals surface area contributed by atoms with E-state index in [0.29, 0.717) is 12.1 Å². The minimum atomic E-state index is -1.79. The molecule has 18 amide bonds. The van der Waals surface area contributed by atoms with Crippen LogP contribution in [-0.2, 0) is 104 Å². The average molecular weight is 1750 g/mol. The number of fused-ring (bicyclic) bond motifs is 1. The summed E-state index contributed by atoms with van der Waals surface area (Å²) < 4.78 is 0. The van der Waals surface area contributed by atoms with Gasteiger partial charge in [0.15, 0.2) is 5.96 Å². The van der Waals surface area contributed by atoms with Crippen molar-refractivity contribution in [3.05, 3.63) is 36.4 Å². The number of nitrogens with zero attached hydrogens (tertiary/aromatic N) is 3. The second-order valence-corrected chi connectivity index (χ2v) is 31.5. The molecule has 0 unspecified atom stereocenters. The Labute approximate surface area is 715 Å². The maximum absolute atomic E-state index is 15.1. The molecule has 47 heteroatoms. The number of thioether (sulfide) groups is 1. The number of amides is 18. The van der Waals surface area contributed by atoms with Crippen LogP contribution in [0.2, 0.25) is 0 Å². The first-order valence-corrected chi connectivity index (χ1v) is 42.5. The number of hydrogen-bond donors (Lipinski definition) is 24. The molecule has 4 heterocycles. The maximum Gasteiger partial charge on any atom is 0.303 e. The smallest absolute Gasteiger partial charge is 0.303 e. The zero-order valence-corrected chi connectivity index (χ0v) is 71.3. The number of carboxylic acids is 1. The van der Waals surface area contributed by atoms with E-state index in [1.165, 1.54) is 41.7 Å². The highest BCUT2D eigenvalue weighted by molar-refractivity contribution is 7.98. The first-order valence-electron chi connectivity index (χ1n) is 41.1. The van der Waals surface area contributed by atoms with Crippen LogP contribution in [0.3, 0.4) is 0 Å². The lowest BCUT2D eigenvalue weighted by atomic mass is 9.96. The summed E-state index contributed by atoms with van der Waals surface area (Å²) >= 11 is 1.28. The van der Waals surface area contributed by atoms with E-state index in [4.69, 9.17) is 34.1 Å². The highest BCUT2D eigenvalue weighted by Gasteiger charge is 2.43. The van der Waals surface area contributed by atoms with Crippen LogP contribution < -0.4 is 108 Å². The third-order valence-corrected chi connectivity index (χ3v) is 21.6. The predicted molar refractivity (Wildman–Crippen MR) is 444 cm³/mol. The van der Waals surface area contributed by atoms with Crippen molar-refractivity contribution < 1.29 is 96.2 Å². The Kier molecular flexibility index (Phi) is 45.0. The van der Waals surface area contributed by atoms with E-state index < -0.39 is 279 Å². The van der Waals surface area contributed by atoms with Crippen molar-refractivity contribution in [3.8, 4) is 0 Å². The normalized spacial score (nSPS) is 24.7. The summed E-state index contributed by atoms with van der Waals surface area (Å²) in [6.07, 6.45) is 3.01. The van der Waals surface area contributed by atoms with Gasteiger partial charge in [0.05, 0.1) is 25.7 Å². The standard InChI is InChI=1S/C76H124N26O20S/c1-8-39(4)60-72(119)87-36-58(107)91-47(21-25-59(108)109)64(111)94-48(20-24-56(80)105)68(115)101-61(40(5)9-2)73(120)95-49(26-30-123-7)66(113)92-44(16-13-28-85-76(81)82)67(114)100-62(41(6)10-3)74(121)96-50(15-11-12-27-77)75(122)102-29-14-17-53(102)71(118)98-51(31-42-33-83-37-88-42)69(116)93-45(18-22-54(78)103)63(110)86-35-57(106)90-46(19-23-55(79)104)65(112)97-52(70(117)99-60)32-43-34-84-38-89-43/h33-34,37-41,44-53,60-62H,8-32,35-36,77H2,1-7H3,(H2,78,103)(H2,79,104)(H2,80,105)(H,83,88)(H,84,89)(H,86,110)(H,87,119)(H,90,106)(H,91,107)(H,92,113)(H,93,116)(H,94,111)(H,95,120)(H,96,121)(H,97,112)(H,98,118)(H,99,117)(H,100,114)(H,101,115)(H,108,109)(H4,81,82,85)/t39-,40-,41-,44-,45-,46-,47-,48-,49-,50-,51-,52-,53-,60-,61-,62-/m0/s1. The number of guanidine groups is 1. The van der Waals surface area contributed by atoms with Gasteiger partial charge in [0, 0.05) is 75.4 Å². The summed E-state index contributed by atoms with van der Waals surface area (Å²) in [5.74, 6) is -21.6. The molecule has 0 radical (unpaired) electrons. The Morgan fingerprint density at radius 1 is 0.472 bits per heavy atom. The molecule has 2 aliphatic heterocycles. The molecule has 2 aliphatic rings. The SMILES string of the molecule is CC[C@H](C)[C@@H]1NC(=O)[C@H](Cc2cnc[nH]2)NC(=O)[C@H](CCC(N)=O)NC(=O)CNC(=O)[C@H](CCC(N)=O)NC(=O)[C@H](Cc2cnc[nH]2)NC(=O)[C@@H]2CCCN2C(=O)[C@H](CCCCN)NC(=O)[C@H]([C@@H](C)CC)NC(=O)[C@H](CCCNC(=N)N)NC(=O)[C@H](CCSC)NC(=O)[C@H]([C@@H](C)CC)NC(=O)[C@H](CCC(N)=O)NC(=O)[C@H](CCC(=O)O)NC(=O)CNC1=O. The number of rotatable bonds is 33. The van der Waals surface area contributed by atoms with Crippen LogP contribution >= 0.6 is 11.8 Å². The highest BCUT2D eigenvalue weighted by atomic mass is 32.2. The Bertz CT molecular complexity index is 3950. The van der Waals surface area contributed by atoms with Gasteiger partial charge in [-0.2, -0.15) is 11.8 Å². The van der Waals surface area contributed by atoms with Crippen LogP contribution in [-0.4, -0.2) is 271 Å². The lowest BCUT2D eigenvalue weighted by Gasteiger charge is -2.32. The van der Waals surface area contributed by atoms with Gasteiger partial charge >= 0.3 is 5.97 Å². The predicted octanol–water partition coefficient (Wildman–Crippen LogP) is -7.08. The van der Waals surface area contributed by atoms with Crippen LogP contribution in [0.1, 0.15) is 175 Å². The number of carbonyl (C=O) groups is 19. The molecule has 0 spiro atoms. The van der Waals surface area contributed by atoms with Crippen molar-refractivity contribution in [2.75, 3.05) is 44.7 Å². The Hall–Kier alpha value is -12.1. The van der Waals surface area contributed by atoms with Crippen molar-refractivity contribution in [3.63, 3.8) is 0 Å². The molecular formula is C76H124N26O20S. The van der Waals surface area contributed by atoms with Gasteiger partial charge in [-0.3, -0.25) is 96.5 Å². The number of aromatic amines is 2. The number of carbonyl (C=O) groups excluding carboxylic acids is 18. The summed E-state index contributed by atoms with van der Waals surface area (Å²) in [5.41, 5.74) is 28.6. The second-order valence-electron chi connectivity index (χ2n) is 30.5. The molecule has 2 fully saturated rings. The number of imidazole rings is 2. The van der Waals surface area contributed by atoms with Crippen LogP contribution in [0, 0.1) is 23.2 Å². The zero-order valence-electron chi connectivity index (χ0n) is 70.5. The Morgan fingerprint density at radius 2 is 0.837 bits per heavy atom. The van der Waals surface area contributed by atoms with Crippen molar-refractivity contribution in [2.24, 2.45) is 46.4 Å². The molecule has 46 nitrogen and oxygen atoms in total. The number of aliphatic carboxylic acids is 1. The summed E-state index contributed by atoms with van der Waals surface area (Å²) in [6.45, 7) is 8.09. The van der Waals surface area contributed by atoms with E-state index in [-0.39, 0.29) is 108 Å². The molecule has 0 aliphatic carbocycles. The molecule has 16 atom stereocenters. The number of primary amides is 3. The molecular weight excluding hydrogens is 1630 g/mol. The number of aromatic nitrogens is 4. The minimum Gasteiger partial charge on any atom is -0.481 e. The molecule has 0 bridgehead atoms. The number of carboxylic acid groups (broad SMARTS) is 1. The number of nitrogens with two attached hydrogens (primary N) is 5. The first kappa shape index (κ1) is 103. The third-order valence-electron chi connectivity index (χ3n) is 21.0. The van der Waals surface area contributed by atoms with Crippen molar-refractivity contribution >= 4 is 130 Å². The molecule has 29 N–H and O–H groups in total. The van der Waals surface area contributed by atoms with Gasteiger partial charge < -0.3 is 128 Å². The highest BCUT2D eigenvalue weighted by Crippen LogP contribution is 2.23. The summed E-state index contributed by atoms with van der Waals surface area (Å²) in [6, 6.07) is -20.3. The molecule has 2 aromatic rings. The van der Waals surface area contributed by atoms with Gasteiger partial charge in [0.2, 0.25) is 106 Å². The fourth-order valence-electron chi connectivity index (χ4n) is 13.2. The van der Waals surface area contributed by atoms with E-state index in [9.17, 15) is 91.4 Å². The van der Waals surface area contributed by atoms with Crippen LogP contribution in [0.4, 0.5) is 0 Å². The van der Waals surface area contributed by atoms with E-state index in [1.807, 2.05) is 0 Å². The van der Waals surface area contributed by atoms with Gasteiger partial charge in [0.25, 0.3) is 0 Å². The lowest BCUT2D eigenvalue weighted by Crippen LogP contribution is -2.62. The minimum absolute atomic E-state index is 0.0121. The van der Waals surface area contributed by atoms with Gasteiger partial charge in [0.1, 0.15) is 78.5 Å². The van der Waals surface area contributed by atoms with E-state index in [1.54, 1.807) is 47.8 Å². The Balaban J connectivity index is 1.90. The summed E-state index contributed by atoms with van der Waals surface area (Å²) in [5, 5.41) is 55.8. The van der Waals surface area contributed by atoms with Gasteiger partial charge in [-0.25, -0.2) is 9.97 Å². The fraction of sp³-hybridized carbons (Fsp3) is 0.658. The number of nitrogens with one attached hydrogen (secondary N) is 18. The second kappa shape index (κ2) is 53.6. The van der Waals surface area contributed by atoms with E-state index in [2.05, 4.69) is 99.7 Å². The van der Waals surface area contributed by atoms with Crippen LogP contribution in [0.25, 0.3) is 0 Å². The van der Waals surface area contributed by atoms with E-state index in [0.717, 1.165) is 0 Å². The van der Waals surface area contributed by atoms with Crippen molar-refractivity contribution in [1.29, 1.82) is 5.41 Å². The van der Waals surface area contributed by atoms with E-state index >= 15 is 4.79 Å². The fourth-order valence-corrected chi connectivity index (χ4v) is 13.7. The number of unbranched alkanes of at least 4 members (excludes halogenated alkanes) is 1. The molecule has 0 aromatic carbocycles. The van der Waals surface area contributed by atoms with Gasteiger partial charge in [-0.05, 0) is 113 Å². The maximum atomic E-state index is 15.1.